The van der Waals surface area contributed by atoms with Crippen molar-refractivity contribution in [3.63, 3.8) is 0 Å². The zero-order valence-corrected chi connectivity index (χ0v) is 13.1. The summed E-state index contributed by atoms with van der Waals surface area (Å²) in [4.78, 5) is 5.52. The van der Waals surface area contributed by atoms with Crippen LogP contribution in [0.25, 0.3) is 10.8 Å². The van der Waals surface area contributed by atoms with E-state index in [9.17, 15) is 0 Å². The number of fused-ring (bicyclic) bond motifs is 1. The Kier molecular flexibility index (Phi) is 4.63. The molecule has 0 spiro atoms. The van der Waals surface area contributed by atoms with E-state index in [2.05, 4.69) is 59.7 Å². The summed E-state index contributed by atoms with van der Waals surface area (Å²) in [5.74, 6) is 0. The molecule has 3 heteroatoms. The summed E-state index contributed by atoms with van der Waals surface area (Å²) in [7, 11) is 0. The van der Waals surface area contributed by atoms with E-state index in [1.165, 1.54) is 21.2 Å². The normalized spacial score (nSPS) is 12.6. The average Bonchev–Trinajstić information content (AvgIpc) is 3.04. The van der Waals surface area contributed by atoms with Crippen LogP contribution in [-0.2, 0) is 6.42 Å². The van der Waals surface area contributed by atoms with Gasteiger partial charge in [0, 0.05) is 23.5 Å². The highest BCUT2D eigenvalue weighted by Crippen LogP contribution is 2.24. The van der Waals surface area contributed by atoms with Crippen molar-refractivity contribution in [2.24, 2.45) is 0 Å². The van der Waals surface area contributed by atoms with Crippen molar-refractivity contribution in [2.75, 3.05) is 6.54 Å². The van der Waals surface area contributed by atoms with Crippen LogP contribution in [-0.4, -0.2) is 11.5 Å². The van der Waals surface area contributed by atoms with Crippen molar-refractivity contribution in [2.45, 2.75) is 25.8 Å². The number of hydrogen-bond acceptors (Lipinski definition) is 3. The Morgan fingerprint density at radius 3 is 2.76 bits per heavy atom. The van der Waals surface area contributed by atoms with Gasteiger partial charge in [0.05, 0.1) is 5.51 Å². The Hall–Kier alpha value is -1.71. The molecule has 3 rings (SSSR count). The maximum Gasteiger partial charge on any atom is 0.0794 e. The van der Waals surface area contributed by atoms with Gasteiger partial charge in [0.25, 0.3) is 0 Å². The number of nitrogens with one attached hydrogen (secondary N) is 1. The fourth-order valence-electron chi connectivity index (χ4n) is 2.60. The predicted octanol–water partition coefficient (Wildman–Crippen LogP) is 4.58. The lowest BCUT2D eigenvalue weighted by Crippen LogP contribution is -2.23. The number of rotatable bonds is 6. The van der Waals surface area contributed by atoms with Gasteiger partial charge >= 0.3 is 0 Å². The molecule has 0 bridgehead atoms. The van der Waals surface area contributed by atoms with Crippen LogP contribution >= 0.6 is 11.3 Å². The van der Waals surface area contributed by atoms with Gasteiger partial charge in [0.1, 0.15) is 0 Å². The zero-order valence-electron chi connectivity index (χ0n) is 12.3. The Labute approximate surface area is 129 Å². The molecular weight excluding hydrogens is 276 g/mol. The second-order valence-electron chi connectivity index (χ2n) is 5.29. The Balaban J connectivity index is 1.89. The topological polar surface area (TPSA) is 24.9 Å². The van der Waals surface area contributed by atoms with Gasteiger partial charge in [-0.2, -0.15) is 0 Å². The van der Waals surface area contributed by atoms with Gasteiger partial charge in [-0.3, -0.25) is 4.98 Å². The molecule has 2 aromatic carbocycles. The van der Waals surface area contributed by atoms with Gasteiger partial charge in [0.15, 0.2) is 0 Å². The van der Waals surface area contributed by atoms with Gasteiger partial charge in [-0.1, -0.05) is 43.3 Å². The third-order valence-corrected chi connectivity index (χ3v) is 4.51. The van der Waals surface area contributed by atoms with Crippen molar-refractivity contribution in [1.82, 2.24) is 10.3 Å². The predicted molar refractivity (Wildman–Crippen MR) is 90.8 cm³/mol. The van der Waals surface area contributed by atoms with E-state index in [1.54, 1.807) is 11.3 Å². The summed E-state index contributed by atoms with van der Waals surface area (Å²) < 4.78 is 0. The molecule has 0 aliphatic carbocycles. The first kappa shape index (κ1) is 14.2. The third kappa shape index (κ3) is 3.49. The summed E-state index contributed by atoms with van der Waals surface area (Å²) in [6.07, 6.45) is 4.13. The molecule has 1 heterocycles. The van der Waals surface area contributed by atoms with E-state index in [4.69, 9.17) is 0 Å². The van der Waals surface area contributed by atoms with E-state index >= 15 is 0 Å². The molecule has 0 amide bonds. The molecule has 2 nitrogen and oxygen atoms in total. The monoisotopic (exact) mass is 296 g/mol. The van der Waals surface area contributed by atoms with Crippen molar-refractivity contribution < 1.29 is 0 Å². The third-order valence-electron chi connectivity index (χ3n) is 3.71. The molecule has 1 unspecified atom stereocenters. The highest BCUT2D eigenvalue weighted by molar-refractivity contribution is 7.09. The van der Waals surface area contributed by atoms with Crippen LogP contribution in [0.1, 0.15) is 29.8 Å². The number of hydrogen-bond donors (Lipinski definition) is 1. The van der Waals surface area contributed by atoms with Gasteiger partial charge in [-0.15, -0.1) is 11.3 Å². The molecule has 0 aliphatic rings. The van der Waals surface area contributed by atoms with Gasteiger partial charge in [0.2, 0.25) is 0 Å². The fraction of sp³-hybridized carbons (Fsp3) is 0.278. The lowest BCUT2D eigenvalue weighted by molar-refractivity contribution is 0.532. The maximum absolute atomic E-state index is 4.19. The Morgan fingerprint density at radius 1 is 1.14 bits per heavy atom. The summed E-state index contributed by atoms with van der Waals surface area (Å²) in [5.41, 5.74) is 3.27. The van der Waals surface area contributed by atoms with E-state index in [-0.39, 0.29) is 0 Å². The van der Waals surface area contributed by atoms with Crippen molar-refractivity contribution in [3.8, 4) is 0 Å². The molecule has 0 fully saturated rings. The highest BCUT2D eigenvalue weighted by atomic mass is 32.1. The Morgan fingerprint density at radius 2 is 2.00 bits per heavy atom. The van der Waals surface area contributed by atoms with Crippen LogP contribution < -0.4 is 5.32 Å². The molecule has 0 saturated heterocycles. The van der Waals surface area contributed by atoms with Crippen molar-refractivity contribution in [3.05, 3.63) is 64.6 Å². The summed E-state index contributed by atoms with van der Waals surface area (Å²) >= 11 is 1.73. The SMILES string of the molecule is CCCNC(Cc1cncs1)c1ccc2ccccc2c1. The standard InChI is InChI=1S/C18H20N2S/c1-2-9-20-18(11-17-12-19-13-21-17)16-8-7-14-5-3-4-6-15(14)10-16/h3-8,10,12-13,18,20H,2,9,11H2,1H3. The lowest BCUT2D eigenvalue weighted by atomic mass is 9.99. The van der Waals surface area contributed by atoms with Gasteiger partial charge in [-0.25, -0.2) is 0 Å². The molecule has 0 saturated carbocycles. The molecule has 3 aromatic rings. The fourth-order valence-corrected chi connectivity index (χ4v) is 3.24. The van der Waals surface area contributed by atoms with Gasteiger partial charge < -0.3 is 5.32 Å². The summed E-state index contributed by atoms with van der Waals surface area (Å²) in [6.45, 7) is 3.24. The van der Waals surface area contributed by atoms with Gasteiger partial charge in [-0.05, 0) is 35.4 Å². The average molecular weight is 296 g/mol. The summed E-state index contributed by atoms with van der Waals surface area (Å²) in [6, 6.07) is 15.7. The van der Waals surface area contributed by atoms with E-state index in [1.807, 2.05) is 11.7 Å². The first-order valence-electron chi connectivity index (χ1n) is 7.46. The van der Waals surface area contributed by atoms with Crippen LogP contribution in [0.2, 0.25) is 0 Å². The largest absolute Gasteiger partial charge is 0.310 e. The number of aromatic nitrogens is 1. The van der Waals surface area contributed by atoms with Crippen LogP contribution in [0.5, 0.6) is 0 Å². The molecular formula is C18H20N2S. The number of benzene rings is 2. The molecule has 0 aliphatic heterocycles. The van der Waals surface area contributed by atoms with Crippen LogP contribution in [0, 0.1) is 0 Å². The molecule has 21 heavy (non-hydrogen) atoms. The minimum Gasteiger partial charge on any atom is -0.310 e. The van der Waals surface area contributed by atoms with Crippen molar-refractivity contribution >= 4 is 22.1 Å². The van der Waals surface area contributed by atoms with E-state index < -0.39 is 0 Å². The molecule has 108 valence electrons. The number of thiazole rings is 1. The second kappa shape index (κ2) is 6.83. The quantitative estimate of drug-likeness (QED) is 0.720. The lowest BCUT2D eigenvalue weighted by Gasteiger charge is -2.19. The number of nitrogens with zero attached hydrogens (tertiary/aromatic N) is 1. The molecule has 0 radical (unpaired) electrons. The minimum absolute atomic E-state index is 0.356. The highest BCUT2D eigenvalue weighted by Gasteiger charge is 2.13. The smallest absolute Gasteiger partial charge is 0.0794 e. The first-order valence-corrected chi connectivity index (χ1v) is 8.34. The van der Waals surface area contributed by atoms with Crippen LogP contribution in [0.3, 0.4) is 0 Å². The van der Waals surface area contributed by atoms with E-state index in [0.29, 0.717) is 6.04 Å². The van der Waals surface area contributed by atoms with Crippen LogP contribution in [0.15, 0.2) is 54.2 Å². The Bertz CT molecular complexity index is 691. The van der Waals surface area contributed by atoms with E-state index in [0.717, 1.165) is 19.4 Å². The maximum atomic E-state index is 4.19. The molecule has 1 N–H and O–H groups in total. The molecule has 1 aromatic heterocycles. The van der Waals surface area contributed by atoms with Crippen molar-refractivity contribution in [1.29, 1.82) is 0 Å². The second-order valence-corrected chi connectivity index (χ2v) is 6.26. The first-order chi connectivity index (χ1) is 10.4. The summed E-state index contributed by atoms with van der Waals surface area (Å²) in [5, 5.41) is 6.27. The van der Waals surface area contributed by atoms with Crippen LogP contribution in [0.4, 0.5) is 0 Å². The molecule has 1 atom stereocenters. The zero-order chi connectivity index (χ0) is 14.5. The minimum atomic E-state index is 0.356.